The van der Waals surface area contributed by atoms with Gasteiger partial charge in [0.15, 0.2) is 0 Å². The lowest BCUT2D eigenvalue weighted by Crippen LogP contribution is -1.82. The van der Waals surface area contributed by atoms with Crippen molar-refractivity contribution >= 4 is 15.9 Å². The molecular weight excluding hydrogens is 209 g/mol. The van der Waals surface area contributed by atoms with Crippen LogP contribution in [0.4, 0.5) is 4.39 Å². The second-order valence-electron chi connectivity index (χ2n) is 1.90. The van der Waals surface area contributed by atoms with Crippen molar-refractivity contribution in [2.75, 3.05) is 0 Å². The minimum absolute atomic E-state index is 0.328. The Labute approximate surface area is 72.5 Å². The second-order valence-corrected chi connectivity index (χ2v) is 2.75. The third kappa shape index (κ3) is 1.95. The summed E-state index contributed by atoms with van der Waals surface area (Å²) in [4.78, 5) is 0. The highest BCUT2D eigenvalue weighted by atomic mass is 79.9. The molecular formula is C8H5BrFN. The average molecular weight is 214 g/mol. The van der Waals surface area contributed by atoms with Gasteiger partial charge >= 0.3 is 0 Å². The van der Waals surface area contributed by atoms with Gasteiger partial charge in [0.2, 0.25) is 0 Å². The highest BCUT2D eigenvalue weighted by Gasteiger charge is 1.97. The van der Waals surface area contributed by atoms with Crippen molar-refractivity contribution in [1.29, 1.82) is 0 Å². The summed E-state index contributed by atoms with van der Waals surface area (Å²) < 4.78 is 13.2. The van der Waals surface area contributed by atoms with E-state index in [1.165, 1.54) is 6.07 Å². The maximum atomic E-state index is 12.7. The zero-order valence-corrected chi connectivity index (χ0v) is 7.15. The Kier molecular flexibility index (Phi) is 2.50. The van der Waals surface area contributed by atoms with Gasteiger partial charge in [-0.2, -0.15) is 0 Å². The number of halogens is 2. The van der Waals surface area contributed by atoms with Gasteiger partial charge < -0.3 is 5.73 Å². The standard InChI is InChI=1S/C8H5BrFN/c9-7-2-1-6(3-4-11)5-8(7)10/h1-2,5H,11H2. The van der Waals surface area contributed by atoms with E-state index in [1.54, 1.807) is 12.1 Å². The van der Waals surface area contributed by atoms with Gasteiger partial charge in [-0.05, 0) is 40.0 Å². The van der Waals surface area contributed by atoms with Crippen LogP contribution in [-0.2, 0) is 0 Å². The maximum absolute atomic E-state index is 12.7. The molecule has 0 saturated carbocycles. The van der Waals surface area contributed by atoms with Crippen LogP contribution in [0.25, 0.3) is 0 Å². The SMILES string of the molecule is NC#Cc1ccc(Br)c(F)c1. The number of rotatable bonds is 0. The molecule has 0 saturated heterocycles. The number of nitrogens with two attached hydrogens (primary N) is 1. The summed E-state index contributed by atoms with van der Waals surface area (Å²) in [6.07, 6.45) is 0. The summed E-state index contributed by atoms with van der Waals surface area (Å²) in [6, 6.07) is 6.80. The molecule has 3 heteroatoms. The van der Waals surface area contributed by atoms with E-state index < -0.39 is 0 Å². The van der Waals surface area contributed by atoms with Crippen LogP contribution >= 0.6 is 15.9 Å². The predicted molar refractivity (Wildman–Crippen MR) is 45.2 cm³/mol. The van der Waals surface area contributed by atoms with Crippen LogP contribution in [0.2, 0.25) is 0 Å². The van der Waals surface area contributed by atoms with Gasteiger partial charge in [-0.15, -0.1) is 0 Å². The molecule has 0 aliphatic rings. The lowest BCUT2D eigenvalue weighted by molar-refractivity contribution is 0.621. The highest BCUT2D eigenvalue weighted by Crippen LogP contribution is 2.15. The summed E-state index contributed by atoms with van der Waals surface area (Å²) in [5.74, 6) is 2.21. The van der Waals surface area contributed by atoms with E-state index in [0.717, 1.165) is 0 Å². The molecule has 1 rings (SSSR count). The van der Waals surface area contributed by atoms with Crippen molar-refractivity contribution in [3.05, 3.63) is 34.1 Å². The van der Waals surface area contributed by atoms with Crippen LogP contribution < -0.4 is 5.73 Å². The Morgan fingerprint density at radius 3 is 2.73 bits per heavy atom. The van der Waals surface area contributed by atoms with Gasteiger partial charge in [-0.25, -0.2) is 4.39 Å². The van der Waals surface area contributed by atoms with Crippen molar-refractivity contribution in [3.63, 3.8) is 0 Å². The Morgan fingerprint density at radius 1 is 1.45 bits per heavy atom. The fourth-order valence-electron chi connectivity index (χ4n) is 0.657. The van der Waals surface area contributed by atoms with Gasteiger partial charge in [0, 0.05) is 11.6 Å². The summed E-state index contributed by atoms with van der Waals surface area (Å²) >= 11 is 3.03. The van der Waals surface area contributed by atoms with Crippen molar-refractivity contribution in [3.8, 4) is 12.0 Å². The monoisotopic (exact) mass is 213 g/mol. The van der Waals surface area contributed by atoms with Crippen LogP contribution in [0.1, 0.15) is 5.56 Å². The molecule has 1 aromatic carbocycles. The summed E-state index contributed by atoms with van der Waals surface area (Å²) in [7, 11) is 0. The molecule has 0 aliphatic heterocycles. The first-order valence-electron chi connectivity index (χ1n) is 2.90. The molecule has 0 radical (unpaired) electrons. The van der Waals surface area contributed by atoms with E-state index in [4.69, 9.17) is 5.73 Å². The molecule has 0 spiro atoms. The first-order chi connectivity index (χ1) is 5.24. The second kappa shape index (κ2) is 3.40. The highest BCUT2D eigenvalue weighted by molar-refractivity contribution is 9.10. The van der Waals surface area contributed by atoms with E-state index in [-0.39, 0.29) is 5.82 Å². The first-order valence-corrected chi connectivity index (χ1v) is 3.70. The Balaban J connectivity index is 3.12. The van der Waals surface area contributed by atoms with E-state index >= 15 is 0 Å². The predicted octanol–water partition coefficient (Wildman–Crippen LogP) is 1.86. The van der Waals surface area contributed by atoms with E-state index in [9.17, 15) is 4.39 Å². The van der Waals surface area contributed by atoms with Crippen LogP contribution in [0.15, 0.2) is 22.7 Å². The van der Waals surface area contributed by atoms with Crippen LogP contribution in [-0.4, -0.2) is 0 Å². The molecule has 0 atom stereocenters. The Bertz CT molecular complexity index is 325. The smallest absolute Gasteiger partial charge is 0.138 e. The van der Waals surface area contributed by atoms with Gasteiger partial charge in [0.25, 0.3) is 0 Å². The van der Waals surface area contributed by atoms with Crippen LogP contribution in [0.5, 0.6) is 0 Å². The molecule has 0 heterocycles. The quantitative estimate of drug-likeness (QED) is 0.517. The van der Waals surface area contributed by atoms with Crippen molar-refractivity contribution in [2.24, 2.45) is 5.73 Å². The molecule has 0 amide bonds. The van der Waals surface area contributed by atoms with Gasteiger partial charge in [0.1, 0.15) is 5.82 Å². The number of hydrogen-bond acceptors (Lipinski definition) is 1. The summed E-state index contributed by atoms with van der Waals surface area (Å²) in [5.41, 5.74) is 5.53. The average Bonchev–Trinajstić information content (AvgIpc) is 1.98. The summed E-state index contributed by atoms with van der Waals surface area (Å²) in [6.45, 7) is 0. The molecule has 0 aromatic heterocycles. The van der Waals surface area contributed by atoms with E-state index in [2.05, 4.69) is 27.9 Å². The number of hydrogen-bond donors (Lipinski definition) is 1. The van der Waals surface area contributed by atoms with E-state index in [1.807, 2.05) is 0 Å². The Hall–Kier alpha value is -1.01. The van der Waals surface area contributed by atoms with Gasteiger partial charge in [-0.3, -0.25) is 0 Å². The number of benzene rings is 1. The molecule has 0 fully saturated rings. The lowest BCUT2D eigenvalue weighted by atomic mass is 10.2. The van der Waals surface area contributed by atoms with E-state index in [0.29, 0.717) is 10.0 Å². The third-order valence-electron chi connectivity index (χ3n) is 1.14. The largest absolute Gasteiger partial charge is 0.359 e. The molecule has 0 aliphatic carbocycles. The molecule has 0 unspecified atom stereocenters. The normalized spacial score (nSPS) is 8.55. The molecule has 11 heavy (non-hydrogen) atoms. The fourth-order valence-corrected chi connectivity index (χ4v) is 0.904. The summed E-state index contributed by atoms with van der Waals surface area (Å²) in [5, 5.41) is 0. The minimum Gasteiger partial charge on any atom is -0.359 e. The fraction of sp³-hybridized carbons (Fsp3) is 0. The Morgan fingerprint density at radius 2 is 2.18 bits per heavy atom. The zero-order chi connectivity index (χ0) is 8.27. The minimum atomic E-state index is -0.328. The van der Waals surface area contributed by atoms with Crippen molar-refractivity contribution in [1.82, 2.24) is 0 Å². The first kappa shape index (κ1) is 8.09. The topological polar surface area (TPSA) is 26.0 Å². The molecule has 56 valence electrons. The van der Waals surface area contributed by atoms with Gasteiger partial charge in [-0.1, -0.05) is 0 Å². The molecule has 1 nitrogen and oxygen atoms in total. The zero-order valence-electron chi connectivity index (χ0n) is 5.57. The lowest BCUT2D eigenvalue weighted by Gasteiger charge is -1.93. The van der Waals surface area contributed by atoms with Crippen molar-refractivity contribution in [2.45, 2.75) is 0 Å². The maximum Gasteiger partial charge on any atom is 0.138 e. The van der Waals surface area contributed by atoms with Crippen molar-refractivity contribution < 1.29 is 4.39 Å². The van der Waals surface area contributed by atoms with Gasteiger partial charge in [0.05, 0.1) is 4.47 Å². The van der Waals surface area contributed by atoms with Crippen LogP contribution in [0, 0.1) is 17.8 Å². The van der Waals surface area contributed by atoms with Crippen LogP contribution in [0.3, 0.4) is 0 Å². The molecule has 0 bridgehead atoms. The molecule has 1 aromatic rings. The molecule has 2 N–H and O–H groups in total. The third-order valence-corrected chi connectivity index (χ3v) is 1.78.